The van der Waals surface area contributed by atoms with Crippen molar-refractivity contribution < 1.29 is 35.9 Å². The van der Waals surface area contributed by atoms with Crippen molar-refractivity contribution in [1.82, 2.24) is 10.9 Å². The summed E-state index contributed by atoms with van der Waals surface area (Å²) in [5.74, 6) is -4.28. The molecule has 0 fully saturated rings. The number of allylic oxidation sites excluding steroid dienone is 1. The van der Waals surface area contributed by atoms with Crippen molar-refractivity contribution in [3.8, 4) is 0 Å². The van der Waals surface area contributed by atoms with E-state index in [1.54, 1.807) is 11.5 Å². The van der Waals surface area contributed by atoms with Crippen molar-refractivity contribution in [3.63, 3.8) is 0 Å². The second-order valence-corrected chi connectivity index (χ2v) is 9.30. The first-order valence-corrected chi connectivity index (χ1v) is 11.2. The van der Waals surface area contributed by atoms with Crippen molar-refractivity contribution in [2.75, 3.05) is 0 Å². The first-order chi connectivity index (χ1) is 15.2. The summed E-state index contributed by atoms with van der Waals surface area (Å²) < 4.78 is 78.4. The third-order valence-corrected chi connectivity index (χ3v) is 5.56. The fraction of sp³-hybridized carbons (Fsp3) is 0.200. The Morgan fingerprint density at radius 2 is 1.52 bits per heavy atom. The lowest BCUT2D eigenvalue weighted by atomic mass is 9.97. The van der Waals surface area contributed by atoms with Gasteiger partial charge in [0.05, 0.1) is 11.5 Å². The number of rotatable bonds is 5. The Morgan fingerprint density at radius 3 is 2.03 bits per heavy atom. The molecular formula is C20H13Br3F6N2O2. The van der Waals surface area contributed by atoms with Gasteiger partial charge in [-0.2, -0.15) is 26.3 Å². The summed E-state index contributed by atoms with van der Waals surface area (Å²) in [7, 11) is 0. The smallest absolute Gasteiger partial charge is 0.273 e. The number of hydrazine groups is 1. The molecule has 1 atom stereocenters. The summed E-state index contributed by atoms with van der Waals surface area (Å²) in [6, 6.07) is 8.25. The Kier molecular flexibility index (Phi) is 9.16. The zero-order valence-electron chi connectivity index (χ0n) is 16.1. The topological polar surface area (TPSA) is 58.2 Å². The van der Waals surface area contributed by atoms with E-state index in [0.717, 1.165) is 6.08 Å². The lowest BCUT2D eigenvalue weighted by Gasteiger charge is -2.18. The van der Waals surface area contributed by atoms with Crippen LogP contribution in [0.2, 0.25) is 0 Å². The van der Waals surface area contributed by atoms with Crippen LogP contribution in [0.4, 0.5) is 26.3 Å². The SMILES string of the molecule is O=C(CC(F)(F)F)NNC(=O)c1ccc(/C=C/C(c2cc(Br)cc(Br)c2)C(F)(F)F)cc1Br. The van der Waals surface area contributed by atoms with E-state index in [4.69, 9.17) is 0 Å². The molecule has 178 valence electrons. The second kappa shape index (κ2) is 11.0. The standard InChI is InChI=1S/C20H13Br3F6N2O2/c21-12-6-11(7-13(22)8-12)15(20(27,28)29)4-2-10-1-3-14(16(23)5-10)18(33)31-30-17(32)9-19(24,25)26/h1-8,15H,9H2,(H,30,32)(H,31,33)/b4-2+. The highest BCUT2D eigenvalue weighted by Gasteiger charge is 2.39. The van der Waals surface area contributed by atoms with Crippen LogP contribution in [-0.2, 0) is 4.79 Å². The molecule has 2 aromatic rings. The molecule has 4 nitrogen and oxygen atoms in total. The predicted molar refractivity (Wildman–Crippen MR) is 120 cm³/mol. The van der Waals surface area contributed by atoms with Crippen molar-refractivity contribution in [3.05, 3.63) is 72.6 Å². The Labute approximate surface area is 209 Å². The van der Waals surface area contributed by atoms with E-state index in [2.05, 4.69) is 47.8 Å². The molecule has 0 saturated carbocycles. The van der Waals surface area contributed by atoms with Gasteiger partial charge in [0, 0.05) is 13.4 Å². The number of halogens is 9. The minimum Gasteiger partial charge on any atom is -0.273 e. The minimum atomic E-state index is -4.73. The molecule has 0 bridgehead atoms. The Bertz CT molecular complexity index is 1050. The molecule has 2 aromatic carbocycles. The first-order valence-electron chi connectivity index (χ1n) is 8.82. The quantitative estimate of drug-likeness (QED) is 0.266. The molecule has 33 heavy (non-hydrogen) atoms. The van der Waals surface area contributed by atoms with Crippen molar-refractivity contribution in [2.24, 2.45) is 0 Å². The van der Waals surface area contributed by atoms with Crippen LogP contribution in [0.5, 0.6) is 0 Å². The summed E-state index contributed by atoms with van der Waals surface area (Å²) >= 11 is 9.42. The maximum atomic E-state index is 13.6. The third kappa shape index (κ3) is 8.78. The molecular weight excluding hydrogens is 654 g/mol. The lowest BCUT2D eigenvalue weighted by Crippen LogP contribution is -2.43. The van der Waals surface area contributed by atoms with Gasteiger partial charge < -0.3 is 0 Å². The van der Waals surface area contributed by atoms with Crippen molar-refractivity contribution >= 4 is 65.7 Å². The molecule has 2 amide bonds. The number of carbonyl (C=O) groups is 2. The minimum absolute atomic E-state index is 0.00432. The summed E-state index contributed by atoms with van der Waals surface area (Å²) in [5.41, 5.74) is 3.75. The fourth-order valence-corrected chi connectivity index (χ4v) is 4.52. The number of alkyl halides is 6. The zero-order valence-corrected chi connectivity index (χ0v) is 20.9. The van der Waals surface area contributed by atoms with Gasteiger partial charge in [0.15, 0.2) is 0 Å². The Hall–Kier alpha value is -1.86. The molecule has 0 aromatic heterocycles. The van der Waals surface area contributed by atoms with Gasteiger partial charge in [-0.25, -0.2) is 0 Å². The average molecular weight is 667 g/mol. The number of benzene rings is 2. The molecule has 2 N–H and O–H groups in total. The predicted octanol–water partition coefficient (Wildman–Crippen LogP) is 7.05. The number of hydrogen-bond donors (Lipinski definition) is 2. The molecule has 0 aliphatic carbocycles. The summed E-state index contributed by atoms with van der Waals surface area (Å²) in [6.07, 6.45) is -8.88. The summed E-state index contributed by atoms with van der Waals surface area (Å²) in [4.78, 5) is 23.2. The molecule has 0 saturated heterocycles. The molecule has 1 unspecified atom stereocenters. The number of nitrogens with one attached hydrogen (secondary N) is 2. The second-order valence-electron chi connectivity index (χ2n) is 6.61. The number of hydrogen-bond acceptors (Lipinski definition) is 2. The summed E-state index contributed by atoms with van der Waals surface area (Å²) in [5, 5.41) is 0. The van der Waals surface area contributed by atoms with Crippen molar-refractivity contribution in [1.29, 1.82) is 0 Å². The molecule has 0 radical (unpaired) electrons. The lowest BCUT2D eigenvalue weighted by molar-refractivity contribution is -0.154. The number of carbonyl (C=O) groups excluding carboxylic acids is 2. The van der Waals surface area contributed by atoms with Crippen LogP contribution < -0.4 is 10.9 Å². The van der Waals surface area contributed by atoms with E-state index in [9.17, 15) is 35.9 Å². The highest BCUT2D eigenvalue weighted by atomic mass is 79.9. The normalized spacial score (nSPS) is 13.1. The average Bonchev–Trinajstić information content (AvgIpc) is 2.63. The van der Waals surface area contributed by atoms with Gasteiger partial charge in [-0.1, -0.05) is 50.1 Å². The van der Waals surface area contributed by atoms with Crippen molar-refractivity contribution in [2.45, 2.75) is 24.7 Å². The molecule has 0 spiro atoms. The van der Waals surface area contributed by atoms with Gasteiger partial charge in [-0.3, -0.25) is 20.4 Å². The van der Waals surface area contributed by atoms with E-state index in [-0.39, 0.29) is 15.6 Å². The fourth-order valence-electron chi connectivity index (χ4n) is 2.61. The maximum absolute atomic E-state index is 13.6. The highest BCUT2D eigenvalue weighted by Crippen LogP contribution is 2.38. The summed E-state index contributed by atoms with van der Waals surface area (Å²) in [6.45, 7) is 0. The first kappa shape index (κ1) is 27.4. The molecule has 0 aliphatic rings. The van der Waals surface area contributed by atoms with E-state index >= 15 is 0 Å². The maximum Gasteiger partial charge on any atom is 0.399 e. The van der Waals surface area contributed by atoms with Crippen LogP contribution in [-0.4, -0.2) is 24.2 Å². The van der Waals surface area contributed by atoms with E-state index in [0.29, 0.717) is 14.5 Å². The monoisotopic (exact) mass is 664 g/mol. The van der Waals surface area contributed by atoms with E-state index < -0.39 is 36.5 Å². The van der Waals surface area contributed by atoms with Crippen LogP contribution in [0.25, 0.3) is 6.08 Å². The van der Waals surface area contributed by atoms with Gasteiger partial charge in [0.1, 0.15) is 6.42 Å². The van der Waals surface area contributed by atoms with Crippen LogP contribution >= 0.6 is 47.8 Å². The van der Waals surface area contributed by atoms with E-state index in [1.165, 1.54) is 36.4 Å². The molecule has 0 heterocycles. The Morgan fingerprint density at radius 1 is 0.909 bits per heavy atom. The van der Waals surface area contributed by atoms with Crippen LogP contribution in [0, 0.1) is 0 Å². The third-order valence-electron chi connectivity index (χ3n) is 3.99. The van der Waals surface area contributed by atoms with Gasteiger partial charge in [-0.05, 0) is 57.4 Å². The molecule has 0 aliphatic heterocycles. The van der Waals surface area contributed by atoms with Crippen LogP contribution in [0.3, 0.4) is 0 Å². The largest absolute Gasteiger partial charge is 0.399 e. The van der Waals surface area contributed by atoms with Gasteiger partial charge in [-0.15, -0.1) is 0 Å². The van der Waals surface area contributed by atoms with Crippen LogP contribution in [0.1, 0.15) is 33.8 Å². The zero-order chi connectivity index (χ0) is 25.0. The Balaban J connectivity index is 2.17. The highest BCUT2D eigenvalue weighted by molar-refractivity contribution is 9.11. The number of amides is 2. The van der Waals surface area contributed by atoms with E-state index in [1.807, 2.05) is 5.43 Å². The van der Waals surface area contributed by atoms with Gasteiger partial charge in [0.25, 0.3) is 5.91 Å². The molecule has 13 heteroatoms. The molecule has 2 rings (SSSR count). The van der Waals surface area contributed by atoms with Gasteiger partial charge in [0.2, 0.25) is 5.91 Å². The van der Waals surface area contributed by atoms with Crippen LogP contribution in [0.15, 0.2) is 55.9 Å². The van der Waals surface area contributed by atoms with Gasteiger partial charge >= 0.3 is 12.4 Å².